The predicted molar refractivity (Wildman–Crippen MR) is 98.3 cm³/mol. The number of nitrogens with one attached hydrogen (secondary N) is 2. The van der Waals surface area contributed by atoms with Crippen molar-refractivity contribution >= 4 is 53.9 Å². The number of H-pyrrole nitrogens is 2. The van der Waals surface area contributed by atoms with E-state index in [0.717, 1.165) is 30.1 Å². The van der Waals surface area contributed by atoms with Gasteiger partial charge in [-0.05, 0) is 57.0 Å². The molecule has 8 heteroatoms. The number of aromatic amines is 2. The zero-order valence-corrected chi connectivity index (χ0v) is 15.9. The molecule has 0 aromatic carbocycles. The largest absolute Gasteiger partial charge is 0.478 e. The number of ether oxygens (including phenoxy) is 1. The molecule has 0 saturated carbocycles. The van der Waals surface area contributed by atoms with Crippen molar-refractivity contribution in [2.24, 2.45) is 0 Å². The van der Waals surface area contributed by atoms with Crippen LogP contribution in [0.1, 0.15) is 6.92 Å². The van der Waals surface area contributed by atoms with Crippen molar-refractivity contribution in [3.8, 4) is 5.88 Å². The van der Waals surface area contributed by atoms with E-state index in [0.29, 0.717) is 18.1 Å². The van der Waals surface area contributed by atoms with E-state index < -0.39 is 0 Å². The summed E-state index contributed by atoms with van der Waals surface area (Å²) < 4.78 is 8.33. The molecule has 0 fully saturated rings. The lowest BCUT2D eigenvalue weighted by Crippen LogP contribution is -2.30. The molecule has 0 unspecified atom stereocenters. The number of aromatic nitrogens is 4. The topological polar surface area (TPSA) is 77.8 Å². The maximum atomic E-state index is 9.25. The van der Waals surface area contributed by atoms with Gasteiger partial charge >= 0.3 is 5.65 Å². The normalized spacial score (nSPS) is 10.6. The summed E-state index contributed by atoms with van der Waals surface area (Å²) in [6.45, 7) is 2.57. The Morgan fingerprint density at radius 2 is 1.88 bits per heavy atom. The van der Waals surface area contributed by atoms with Gasteiger partial charge in [-0.2, -0.15) is 4.98 Å². The molecular formula is C16H15Br2N4O2+. The number of hydrogen-bond donors (Lipinski definition) is 3. The molecular weight excluding hydrogens is 440 g/mol. The second-order valence-corrected chi connectivity index (χ2v) is 6.57. The molecule has 0 atom stereocenters. The minimum Gasteiger partial charge on any atom is -0.478 e. The smallest absolute Gasteiger partial charge is 0.326 e. The first kappa shape index (κ1) is 16.8. The van der Waals surface area contributed by atoms with Gasteiger partial charge in [0.25, 0.3) is 0 Å². The molecule has 0 aliphatic rings. The molecule has 0 saturated heterocycles. The third-order valence-corrected chi connectivity index (χ3v) is 4.67. The molecule has 24 heavy (non-hydrogen) atoms. The average Bonchev–Trinajstić information content (AvgIpc) is 3.21. The van der Waals surface area contributed by atoms with Gasteiger partial charge in [0.15, 0.2) is 0 Å². The lowest BCUT2D eigenvalue weighted by atomic mass is 10.3. The number of hydrogen-bond acceptors (Lipinski definition) is 3. The van der Waals surface area contributed by atoms with Gasteiger partial charge in [0.1, 0.15) is 11.8 Å². The Hall–Kier alpha value is -2.06. The van der Waals surface area contributed by atoms with Crippen LogP contribution in [0, 0.1) is 0 Å². The second-order valence-electron chi connectivity index (χ2n) is 4.86. The van der Waals surface area contributed by atoms with Crippen LogP contribution in [0.5, 0.6) is 5.88 Å². The Morgan fingerprint density at radius 3 is 2.62 bits per heavy atom. The van der Waals surface area contributed by atoms with Gasteiger partial charge in [0, 0.05) is 26.6 Å². The fraction of sp³-hybridized carbons (Fsp3) is 0.125. The Kier molecular flexibility index (Phi) is 5.06. The van der Waals surface area contributed by atoms with Crippen LogP contribution in [0.4, 0.5) is 0 Å². The first-order valence-electron chi connectivity index (χ1n) is 7.23. The quantitative estimate of drug-likeness (QED) is 0.314. The van der Waals surface area contributed by atoms with E-state index in [2.05, 4.69) is 46.8 Å². The zero-order valence-electron chi connectivity index (χ0n) is 12.8. The highest BCUT2D eigenvalue weighted by Crippen LogP contribution is 2.25. The lowest BCUT2D eigenvalue weighted by molar-refractivity contribution is -0.885. The van der Waals surface area contributed by atoms with Crippen molar-refractivity contribution < 1.29 is 14.7 Å². The molecule has 124 valence electrons. The second kappa shape index (κ2) is 7.23. The van der Waals surface area contributed by atoms with Crippen molar-refractivity contribution in [2.45, 2.75) is 6.92 Å². The SMILES string of the molecule is CCOc1cc(Br)c2cc[nH]c2n1.O[n+]1ccc(Br)c2cc[nH]c21. The van der Waals surface area contributed by atoms with E-state index in [9.17, 15) is 5.21 Å². The fourth-order valence-corrected chi connectivity index (χ4v) is 3.19. The van der Waals surface area contributed by atoms with Crippen LogP contribution in [0.25, 0.3) is 22.1 Å². The fourth-order valence-electron chi connectivity index (χ4n) is 2.24. The third-order valence-electron chi connectivity index (χ3n) is 3.32. The summed E-state index contributed by atoms with van der Waals surface area (Å²) in [4.78, 5) is 10.2. The first-order chi connectivity index (χ1) is 11.6. The molecule has 4 rings (SSSR count). The summed E-state index contributed by atoms with van der Waals surface area (Å²) in [7, 11) is 0. The highest BCUT2D eigenvalue weighted by molar-refractivity contribution is 9.11. The number of fused-ring (bicyclic) bond motifs is 2. The van der Waals surface area contributed by atoms with Crippen LogP contribution in [0.15, 0.2) is 51.8 Å². The first-order valence-corrected chi connectivity index (χ1v) is 8.81. The van der Waals surface area contributed by atoms with E-state index in [1.54, 1.807) is 18.5 Å². The monoisotopic (exact) mass is 453 g/mol. The van der Waals surface area contributed by atoms with E-state index in [4.69, 9.17) is 4.74 Å². The molecule has 0 aliphatic heterocycles. The Bertz CT molecular complexity index is 945. The summed E-state index contributed by atoms with van der Waals surface area (Å²) in [6.07, 6.45) is 5.21. The summed E-state index contributed by atoms with van der Waals surface area (Å²) in [5.74, 6) is 0.643. The predicted octanol–water partition coefficient (Wildman–Crippen LogP) is 4.18. The minimum absolute atomic E-state index is 0.631. The van der Waals surface area contributed by atoms with Crippen molar-refractivity contribution in [1.29, 1.82) is 0 Å². The van der Waals surface area contributed by atoms with Crippen LogP contribution in [0.2, 0.25) is 0 Å². The average molecular weight is 455 g/mol. The molecule has 0 aliphatic carbocycles. The van der Waals surface area contributed by atoms with Gasteiger partial charge in [0.05, 0.1) is 18.2 Å². The highest BCUT2D eigenvalue weighted by atomic mass is 79.9. The van der Waals surface area contributed by atoms with Crippen LogP contribution < -0.4 is 9.47 Å². The number of rotatable bonds is 2. The van der Waals surface area contributed by atoms with Crippen molar-refractivity contribution in [2.75, 3.05) is 6.61 Å². The van der Waals surface area contributed by atoms with Gasteiger partial charge < -0.3 is 14.9 Å². The third kappa shape index (κ3) is 3.39. The summed E-state index contributed by atoms with van der Waals surface area (Å²) in [5.41, 5.74) is 1.54. The summed E-state index contributed by atoms with van der Waals surface area (Å²) in [6, 6.07) is 7.53. The van der Waals surface area contributed by atoms with Gasteiger partial charge in [0.2, 0.25) is 5.88 Å². The van der Waals surface area contributed by atoms with Crippen LogP contribution in [-0.4, -0.2) is 26.8 Å². The molecule has 0 spiro atoms. The molecule has 4 heterocycles. The van der Waals surface area contributed by atoms with E-state index in [1.807, 2.05) is 31.3 Å². The summed E-state index contributed by atoms with van der Waals surface area (Å²) in [5, 5.41) is 11.3. The van der Waals surface area contributed by atoms with Crippen LogP contribution in [-0.2, 0) is 0 Å². The van der Waals surface area contributed by atoms with Crippen molar-refractivity contribution in [1.82, 2.24) is 15.0 Å². The molecule has 6 nitrogen and oxygen atoms in total. The Morgan fingerprint density at radius 1 is 1.12 bits per heavy atom. The van der Waals surface area contributed by atoms with Crippen LogP contribution >= 0.6 is 31.9 Å². The minimum atomic E-state index is 0.631. The van der Waals surface area contributed by atoms with E-state index in [1.165, 1.54) is 0 Å². The van der Waals surface area contributed by atoms with Gasteiger partial charge in [-0.25, -0.2) is 4.98 Å². The maximum Gasteiger partial charge on any atom is 0.326 e. The molecule has 0 radical (unpaired) electrons. The number of nitrogens with zero attached hydrogens (tertiary/aromatic N) is 2. The van der Waals surface area contributed by atoms with Gasteiger partial charge in [-0.15, -0.1) is 0 Å². The van der Waals surface area contributed by atoms with E-state index in [-0.39, 0.29) is 0 Å². The lowest BCUT2D eigenvalue weighted by Gasteiger charge is -2.02. The molecule has 0 bridgehead atoms. The number of halogens is 2. The number of pyridine rings is 2. The van der Waals surface area contributed by atoms with Crippen LogP contribution in [0.3, 0.4) is 0 Å². The van der Waals surface area contributed by atoms with E-state index >= 15 is 0 Å². The molecule has 4 aromatic rings. The Balaban J connectivity index is 0.000000143. The van der Waals surface area contributed by atoms with Gasteiger partial charge in [-0.3, -0.25) is 0 Å². The standard InChI is InChI=1S/C9H9BrN2O.C7H5BrN2O/c1-2-13-8-5-7(10)6-3-4-11-9(6)12-8;8-6-2-4-10(11)7-5(6)1-3-9-7/h3-5H,2H2,1H3,(H,11,12);1-4,11H/p+1. The molecule has 0 amide bonds. The molecule has 3 N–H and O–H groups in total. The summed E-state index contributed by atoms with van der Waals surface area (Å²) >= 11 is 6.82. The highest BCUT2D eigenvalue weighted by Gasteiger charge is 2.09. The van der Waals surface area contributed by atoms with Crippen molar-refractivity contribution in [3.63, 3.8) is 0 Å². The van der Waals surface area contributed by atoms with Gasteiger partial charge in [-0.1, -0.05) is 4.73 Å². The molecule has 4 aromatic heterocycles. The Labute approximate surface area is 154 Å². The van der Waals surface area contributed by atoms with Crippen molar-refractivity contribution in [3.05, 3.63) is 51.8 Å². The zero-order chi connectivity index (χ0) is 17.1. The maximum absolute atomic E-state index is 9.25.